The molecule has 0 spiro atoms. The fourth-order valence-electron chi connectivity index (χ4n) is 3.75. The third kappa shape index (κ3) is 3.22. The van der Waals surface area contributed by atoms with Crippen molar-refractivity contribution in [3.63, 3.8) is 0 Å². The average molecular weight is 405 g/mol. The molecule has 3 heterocycles. The molecule has 7 heteroatoms. The summed E-state index contributed by atoms with van der Waals surface area (Å²) in [6, 6.07) is 5.48. The normalized spacial score (nSPS) is 16.4. The van der Waals surface area contributed by atoms with Crippen LogP contribution in [0.15, 0.2) is 34.9 Å². The minimum Gasteiger partial charge on any atom is -0.460 e. The lowest BCUT2D eigenvalue weighted by Gasteiger charge is -2.38. The van der Waals surface area contributed by atoms with Crippen LogP contribution in [0.25, 0.3) is 16.7 Å². The minimum absolute atomic E-state index is 0.00294. The molecule has 1 aliphatic heterocycles. The Labute approximate surface area is 173 Å². The predicted molar refractivity (Wildman–Crippen MR) is 114 cm³/mol. The van der Waals surface area contributed by atoms with Gasteiger partial charge in [-0.3, -0.25) is 9.59 Å². The summed E-state index contributed by atoms with van der Waals surface area (Å²) < 4.78 is 11.7. The van der Waals surface area contributed by atoms with Crippen LogP contribution in [-0.2, 0) is 0 Å². The second-order valence-electron chi connectivity index (χ2n) is 7.49. The highest BCUT2D eigenvalue weighted by Gasteiger charge is 2.31. The summed E-state index contributed by atoms with van der Waals surface area (Å²) in [5.41, 5.74) is 3.08. The monoisotopic (exact) mass is 405 g/mol. The van der Waals surface area contributed by atoms with E-state index in [9.17, 15) is 9.59 Å². The van der Waals surface area contributed by atoms with Crippen LogP contribution in [0.5, 0.6) is 5.75 Å². The van der Waals surface area contributed by atoms with Gasteiger partial charge in [0.25, 0.3) is 5.91 Å². The smallest absolute Gasteiger partial charge is 0.255 e. The van der Waals surface area contributed by atoms with Gasteiger partial charge in [-0.2, -0.15) is 0 Å². The minimum atomic E-state index is -0.00294. The van der Waals surface area contributed by atoms with Gasteiger partial charge in [-0.1, -0.05) is 0 Å². The number of nitrogens with zero attached hydrogens (tertiary/aromatic N) is 1. The Morgan fingerprint density at radius 1 is 1.37 bits per heavy atom. The van der Waals surface area contributed by atoms with Crippen molar-refractivity contribution in [3.8, 4) is 5.75 Å². The molecule has 1 saturated heterocycles. The summed E-state index contributed by atoms with van der Waals surface area (Å²) in [6.07, 6.45) is 6.14. The van der Waals surface area contributed by atoms with Crippen molar-refractivity contribution >= 4 is 35.1 Å². The largest absolute Gasteiger partial charge is 0.460 e. The van der Waals surface area contributed by atoms with Gasteiger partial charge in [0.2, 0.25) is 0 Å². The molecule has 154 valence electrons. The summed E-state index contributed by atoms with van der Waals surface area (Å²) in [5, 5.41) is 8.23. The lowest BCUT2D eigenvalue weighted by atomic mass is 10.0. The Bertz CT molecular complexity index is 1180. The molecule has 1 atom stereocenters. The number of allylic oxidation sites excluding steroid dienone is 1. The molecule has 3 aromatic rings. The Balaban J connectivity index is 1.65. The zero-order chi connectivity index (χ0) is 21.4. The molecule has 1 unspecified atom stereocenters. The summed E-state index contributed by atoms with van der Waals surface area (Å²) >= 11 is 0. The molecule has 1 amide bonds. The molecule has 2 aromatic heterocycles. The maximum atomic E-state index is 12.8. The van der Waals surface area contributed by atoms with Crippen LogP contribution < -0.4 is 4.74 Å². The molecule has 30 heavy (non-hydrogen) atoms. The van der Waals surface area contributed by atoms with Crippen LogP contribution in [0.4, 0.5) is 0 Å². The van der Waals surface area contributed by atoms with Crippen LogP contribution in [0.2, 0.25) is 0 Å². The maximum Gasteiger partial charge on any atom is 0.255 e. The Hall–Kier alpha value is -3.61. The molecular weight excluding hydrogens is 382 g/mol. The highest BCUT2D eigenvalue weighted by atomic mass is 16.5. The summed E-state index contributed by atoms with van der Waals surface area (Å²) in [7, 11) is 0. The van der Waals surface area contributed by atoms with Crippen molar-refractivity contribution in [1.82, 2.24) is 9.88 Å². The predicted octanol–water partition coefficient (Wildman–Crippen LogP) is 4.49. The highest BCUT2D eigenvalue weighted by Crippen LogP contribution is 2.31. The topological polar surface area (TPSA) is 99.4 Å². The number of carbonyl (C=O) groups excluding carboxylic acids is 2. The Morgan fingerprint density at radius 3 is 2.80 bits per heavy atom. The molecule has 0 saturated carbocycles. The number of rotatable bonds is 6. The van der Waals surface area contributed by atoms with Crippen LogP contribution in [0.1, 0.15) is 51.1 Å². The highest BCUT2D eigenvalue weighted by molar-refractivity contribution is 5.99. The van der Waals surface area contributed by atoms with E-state index in [-0.39, 0.29) is 11.9 Å². The zero-order valence-corrected chi connectivity index (χ0v) is 17.1. The number of hydrogen-bond donors (Lipinski definition) is 2. The lowest BCUT2D eigenvalue weighted by Crippen LogP contribution is -2.49. The van der Waals surface area contributed by atoms with E-state index in [0.29, 0.717) is 39.7 Å². The van der Waals surface area contributed by atoms with E-state index < -0.39 is 0 Å². The van der Waals surface area contributed by atoms with E-state index in [0.717, 1.165) is 36.4 Å². The van der Waals surface area contributed by atoms with Crippen LogP contribution in [0.3, 0.4) is 0 Å². The number of aryl methyl sites for hydroxylation is 1. The van der Waals surface area contributed by atoms with Gasteiger partial charge in [-0.25, -0.2) is 0 Å². The molecule has 1 aromatic carbocycles. The molecule has 0 radical (unpaired) electrons. The van der Waals surface area contributed by atoms with Crippen molar-refractivity contribution in [2.24, 2.45) is 0 Å². The number of likely N-dealkylation sites (tertiary alicyclic amines) is 1. The molecule has 1 aliphatic rings. The average Bonchev–Trinajstić information content (AvgIpc) is 3.24. The SMILES string of the molecule is Cc1oc2cc(O/C(=C/C=N)c3[nH]cc(C(=O)N4CCC4C)c3C)ccc2c1C=O. The Morgan fingerprint density at radius 2 is 2.17 bits per heavy atom. The molecule has 0 bridgehead atoms. The molecule has 1 fully saturated rings. The van der Waals surface area contributed by atoms with Crippen LogP contribution in [-0.4, -0.2) is 40.9 Å². The second kappa shape index (κ2) is 7.67. The van der Waals surface area contributed by atoms with Gasteiger partial charge in [0.1, 0.15) is 17.1 Å². The molecular formula is C23H23N3O4. The van der Waals surface area contributed by atoms with E-state index in [4.69, 9.17) is 14.6 Å². The van der Waals surface area contributed by atoms with Gasteiger partial charge < -0.3 is 24.4 Å². The number of aromatic amines is 1. The molecule has 7 nitrogen and oxygen atoms in total. The molecule has 0 aliphatic carbocycles. The number of fused-ring (bicyclic) bond motifs is 1. The summed E-state index contributed by atoms with van der Waals surface area (Å²) in [5.74, 6) is 1.46. The third-order valence-electron chi connectivity index (χ3n) is 5.66. The van der Waals surface area contributed by atoms with E-state index in [1.807, 2.05) is 18.7 Å². The summed E-state index contributed by atoms with van der Waals surface area (Å²) in [4.78, 5) is 29.0. The zero-order valence-electron chi connectivity index (χ0n) is 17.1. The number of aldehydes is 1. The van der Waals surface area contributed by atoms with Crippen molar-refractivity contribution in [2.75, 3.05) is 6.54 Å². The van der Waals surface area contributed by atoms with E-state index in [1.54, 1.807) is 31.3 Å². The number of amides is 1. The van der Waals surface area contributed by atoms with Gasteiger partial charge in [-0.05, 0) is 44.9 Å². The number of aromatic nitrogens is 1. The number of nitrogens with one attached hydrogen (secondary N) is 2. The van der Waals surface area contributed by atoms with E-state index >= 15 is 0 Å². The van der Waals surface area contributed by atoms with Gasteiger partial charge in [-0.15, -0.1) is 0 Å². The Kier molecular flexibility index (Phi) is 5.03. The van der Waals surface area contributed by atoms with E-state index in [1.165, 1.54) is 6.08 Å². The number of ether oxygens (including phenoxy) is 1. The maximum absolute atomic E-state index is 12.8. The van der Waals surface area contributed by atoms with Gasteiger partial charge >= 0.3 is 0 Å². The molecule has 4 rings (SSSR count). The van der Waals surface area contributed by atoms with Crippen molar-refractivity contribution < 1.29 is 18.7 Å². The quantitative estimate of drug-likeness (QED) is 0.358. The van der Waals surface area contributed by atoms with Crippen molar-refractivity contribution in [1.29, 1.82) is 5.41 Å². The van der Waals surface area contributed by atoms with Gasteiger partial charge in [0.15, 0.2) is 12.0 Å². The number of H-pyrrole nitrogens is 1. The summed E-state index contributed by atoms with van der Waals surface area (Å²) in [6.45, 7) is 6.41. The number of benzene rings is 1. The third-order valence-corrected chi connectivity index (χ3v) is 5.66. The number of furan rings is 1. The van der Waals surface area contributed by atoms with Gasteiger partial charge in [0, 0.05) is 42.5 Å². The van der Waals surface area contributed by atoms with E-state index in [2.05, 4.69) is 4.98 Å². The van der Waals surface area contributed by atoms with Crippen molar-refractivity contribution in [2.45, 2.75) is 33.2 Å². The fourth-order valence-corrected chi connectivity index (χ4v) is 3.75. The first-order chi connectivity index (χ1) is 14.4. The van der Waals surface area contributed by atoms with Crippen molar-refractivity contribution in [3.05, 3.63) is 58.6 Å². The lowest BCUT2D eigenvalue weighted by molar-refractivity contribution is 0.0501. The van der Waals surface area contributed by atoms with Crippen LogP contribution in [0, 0.1) is 19.3 Å². The fraction of sp³-hybridized carbons (Fsp3) is 0.261. The first-order valence-electron chi connectivity index (χ1n) is 9.80. The number of carbonyl (C=O) groups is 2. The first kappa shape index (κ1) is 19.7. The number of hydrogen-bond acceptors (Lipinski definition) is 5. The first-order valence-corrected chi connectivity index (χ1v) is 9.80. The second-order valence-corrected chi connectivity index (χ2v) is 7.49. The molecule has 2 N–H and O–H groups in total. The standard InChI is InChI=1S/C23H23N3O4/c1-13-7-9-26(13)23(28)18-11-25-22(14(18)2)20(6-8-24)30-16-4-5-17-19(12-27)15(3)29-21(17)10-16/h4-6,8,10-13,24-25H,7,9H2,1-3H3/b20-6+,24-8?. The van der Waals surface area contributed by atoms with Crippen LogP contribution >= 0.6 is 0 Å². The van der Waals surface area contributed by atoms with Gasteiger partial charge in [0.05, 0.1) is 16.8 Å².